The minimum atomic E-state index is -1.74. The highest BCUT2D eigenvalue weighted by molar-refractivity contribution is 6.74. The van der Waals surface area contributed by atoms with Gasteiger partial charge < -0.3 is 9.74 Å². The number of nitrogens with zero attached hydrogens (tertiary/aromatic N) is 1. The van der Waals surface area contributed by atoms with Crippen LogP contribution in [0.3, 0.4) is 0 Å². The molecule has 1 aromatic rings. The molecule has 0 saturated carbocycles. The lowest BCUT2D eigenvalue weighted by molar-refractivity contribution is 0.233. The van der Waals surface area contributed by atoms with Crippen LogP contribution in [-0.2, 0) is 6.54 Å². The van der Waals surface area contributed by atoms with Crippen LogP contribution in [0.1, 0.15) is 26.3 Å². The molecule has 0 radical (unpaired) electrons. The Morgan fingerprint density at radius 3 is 2.48 bits per heavy atom. The molecule has 0 amide bonds. The van der Waals surface area contributed by atoms with Crippen molar-refractivity contribution in [2.45, 2.75) is 45.4 Å². The molecule has 1 aliphatic heterocycles. The van der Waals surface area contributed by atoms with Gasteiger partial charge in [0.05, 0.1) is 0 Å². The minimum absolute atomic E-state index is 0.238. The van der Waals surface area contributed by atoms with Crippen LogP contribution in [-0.4, -0.2) is 39.4 Å². The second-order valence-corrected chi connectivity index (χ2v) is 12.3. The summed E-state index contributed by atoms with van der Waals surface area (Å²) in [5.74, 6) is 1.04. The molecular weight excluding hydrogens is 276 g/mol. The van der Waals surface area contributed by atoms with Crippen molar-refractivity contribution in [3.8, 4) is 5.75 Å². The van der Waals surface area contributed by atoms with Crippen LogP contribution in [0.25, 0.3) is 0 Å². The molecule has 3 nitrogen and oxygen atoms in total. The molecule has 1 heterocycles. The summed E-state index contributed by atoms with van der Waals surface area (Å²) in [6.45, 7) is 16.9. The predicted molar refractivity (Wildman–Crippen MR) is 92.4 cm³/mol. The molecule has 1 N–H and O–H groups in total. The van der Waals surface area contributed by atoms with E-state index in [1.54, 1.807) is 0 Å². The van der Waals surface area contributed by atoms with Crippen molar-refractivity contribution in [2.24, 2.45) is 0 Å². The first-order chi connectivity index (χ1) is 9.78. The Kier molecular flexibility index (Phi) is 5.12. The number of nitrogens with one attached hydrogen (secondary N) is 1. The van der Waals surface area contributed by atoms with Crippen molar-refractivity contribution in [2.75, 3.05) is 26.2 Å². The third-order valence-corrected chi connectivity index (χ3v) is 9.05. The zero-order chi connectivity index (χ0) is 15.5. The van der Waals surface area contributed by atoms with Crippen LogP contribution in [0.5, 0.6) is 5.75 Å². The molecule has 2 rings (SSSR count). The smallest absolute Gasteiger partial charge is 0.250 e. The van der Waals surface area contributed by atoms with Gasteiger partial charge in [0.1, 0.15) is 5.75 Å². The van der Waals surface area contributed by atoms with E-state index in [0.717, 1.165) is 38.5 Å². The molecule has 1 aromatic carbocycles. The zero-order valence-electron chi connectivity index (χ0n) is 14.2. The van der Waals surface area contributed by atoms with Gasteiger partial charge in [-0.1, -0.05) is 32.9 Å². The molecule has 1 saturated heterocycles. The zero-order valence-corrected chi connectivity index (χ0v) is 15.2. The van der Waals surface area contributed by atoms with Gasteiger partial charge >= 0.3 is 0 Å². The van der Waals surface area contributed by atoms with E-state index in [4.69, 9.17) is 4.43 Å². The molecule has 4 heteroatoms. The summed E-state index contributed by atoms with van der Waals surface area (Å²) in [5.41, 5.74) is 1.35. The van der Waals surface area contributed by atoms with E-state index in [1.165, 1.54) is 5.56 Å². The highest BCUT2D eigenvalue weighted by atomic mass is 28.4. The Labute approximate surface area is 130 Å². The Morgan fingerprint density at radius 1 is 1.19 bits per heavy atom. The fraction of sp³-hybridized carbons (Fsp3) is 0.647. The van der Waals surface area contributed by atoms with Crippen molar-refractivity contribution >= 4 is 8.32 Å². The number of hydrogen-bond donors (Lipinski definition) is 1. The molecule has 1 fully saturated rings. The average molecular weight is 307 g/mol. The monoisotopic (exact) mass is 306 g/mol. The fourth-order valence-electron chi connectivity index (χ4n) is 2.28. The highest BCUT2D eigenvalue weighted by Crippen LogP contribution is 2.37. The molecule has 0 unspecified atom stereocenters. The standard InChI is InChI=1S/C17H30N2OSi/c1-17(2,3)21(4,5)20-16-8-6-7-15(13-16)14-19-11-9-18-10-12-19/h6-8,13,18H,9-12,14H2,1-5H3. The van der Waals surface area contributed by atoms with Crippen LogP contribution < -0.4 is 9.74 Å². The summed E-state index contributed by atoms with van der Waals surface area (Å²) in [4.78, 5) is 2.50. The second-order valence-electron chi connectivity index (χ2n) is 7.54. The van der Waals surface area contributed by atoms with Gasteiger partial charge in [0.25, 0.3) is 0 Å². The van der Waals surface area contributed by atoms with E-state index in [1.807, 2.05) is 0 Å². The van der Waals surface area contributed by atoms with Crippen molar-refractivity contribution in [1.29, 1.82) is 0 Å². The molecule has 0 atom stereocenters. The van der Waals surface area contributed by atoms with Crippen LogP contribution in [0.2, 0.25) is 18.1 Å². The Bertz CT molecular complexity index is 462. The normalized spacial score (nSPS) is 17.8. The molecule has 0 aromatic heterocycles. The lowest BCUT2D eigenvalue weighted by Crippen LogP contribution is -2.44. The van der Waals surface area contributed by atoms with Crippen LogP contribution in [0.15, 0.2) is 24.3 Å². The first-order valence-corrected chi connectivity index (χ1v) is 10.9. The first kappa shape index (κ1) is 16.5. The Morgan fingerprint density at radius 2 is 1.86 bits per heavy atom. The minimum Gasteiger partial charge on any atom is -0.543 e. The molecule has 0 aliphatic carbocycles. The lowest BCUT2D eigenvalue weighted by Gasteiger charge is -2.36. The average Bonchev–Trinajstić information content (AvgIpc) is 2.38. The number of benzene rings is 1. The molecule has 0 spiro atoms. The maximum absolute atomic E-state index is 6.40. The van der Waals surface area contributed by atoms with E-state index in [9.17, 15) is 0 Å². The Hall–Kier alpha value is -0.843. The van der Waals surface area contributed by atoms with Crippen molar-refractivity contribution < 1.29 is 4.43 Å². The van der Waals surface area contributed by atoms with Crippen molar-refractivity contribution in [1.82, 2.24) is 10.2 Å². The number of piperazine rings is 1. The van der Waals surface area contributed by atoms with E-state index in [-0.39, 0.29) is 5.04 Å². The molecular formula is C17H30N2OSi. The van der Waals surface area contributed by atoms with Gasteiger partial charge in [0, 0.05) is 32.7 Å². The lowest BCUT2D eigenvalue weighted by atomic mass is 10.2. The van der Waals surface area contributed by atoms with Crippen LogP contribution in [0, 0.1) is 0 Å². The van der Waals surface area contributed by atoms with Gasteiger partial charge in [-0.05, 0) is 35.8 Å². The Balaban J connectivity index is 2.03. The van der Waals surface area contributed by atoms with E-state index < -0.39 is 8.32 Å². The van der Waals surface area contributed by atoms with E-state index in [0.29, 0.717) is 0 Å². The van der Waals surface area contributed by atoms with Crippen molar-refractivity contribution in [3.63, 3.8) is 0 Å². The summed E-state index contributed by atoms with van der Waals surface area (Å²) >= 11 is 0. The molecule has 21 heavy (non-hydrogen) atoms. The highest BCUT2D eigenvalue weighted by Gasteiger charge is 2.38. The SMILES string of the molecule is CC(C)(C)[Si](C)(C)Oc1cccc(CN2CCNCC2)c1. The van der Waals surface area contributed by atoms with Gasteiger partial charge in [-0.2, -0.15) is 0 Å². The van der Waals surface area contributed by atoms with Gasteiger partial charge in [-0.25, -0.2) is 0 Å². The third-order valence-electron chi connectivity index (χ3n) is 4.69. The maximum Gasteiger partial charge on any atom is 0.250 e. The quantitative estimate of drug-likeness (QED) is 0.862. The fourth-order valence-corrected chi connectivity index (χ4v) is 3.30. The van der Waals surface area contributed by atoms with Crippen molar-refractivity contribution in [3.05, 3.63) is 29.8 Å². The molecule has 0 bridgehead atoms. The maximum atomic E-state index is 6.40. The first-order valence-electron chi connectivity index (χ1n) is 7.99. The van der Waals surface area contributed by atoms with Crippen LogP contribution in [0.4, 0.5) is 0 Å². The van der Waals surface area contributed by atoms with Gasteiger partial charge in [-0.3, -0.25) is 4.90 Å². The summed E-state index contributed by atoms with van der Waals surface area (Å²) in [6, 6.07) is 8.66. The van der Waals surface area contributed by atoms with Gasteiger partial charge in [-0.15, -0.1) is 0 Å². The predicted octanol–water partition coefficient (Wildman–Crippen LogP) is 3.48. The number of rotatable bonds is 4. The van der Waals surface area contributed by atoms with Crippen LogP contribution >= 0.6 is 0 Å². The van der Waals surface area contributed by atoms with E-state index >= 15 is 0 Å². The third kappa shape index (κ3) is 4.56. The van der Waals surface area contributed by atoms with E-state index in [2.05, 4.69) is 68.3 Å². The van der Waals surface area contributed by atoms with Gasteiger partial charge in [0.2, 0.25) is 8.32 Å². The topological polar surface area (TPSA) is 24.5 Å². The second kappa shape index (κ2) is 6.51. The molecule has 118 valence electrons. The molecule has 1 aliphatic rings. The summed E-state index contributed by atoms with van der Waals surface area (Å²) < 4.78 is 6.40. The van der Waals surface area contributed by atoms with Gasteiger partial charge in [0.15, 0.2) is 0 Å². The summed E-state index contributed by atoms with van der Waals surface area (Å²) in [7, 11) is -1.74. The summed E-state index contributed by atoms with van der Waals surface area (Å²) in [6.07, 6.45) is 0. The largest absolute Gasteiger partial charge is 0.543 e. The summed E-state index contributed by atoms with van der Waals surface area (Å²) in [5, 5.41) is 3.64. The number of hydrogen-bond acceptors (Lipinski definition) is 3.